The van der Waals surface area contributed by atoms with Crippen molar-refractivity contribution >= 4 is 32.8 Å². The number of carboxylic acid groups (broad SMARTS) is 1. The molecule has 1 N–H and O–H groups in total. The fourth-order valence-corrected chi connectivity index (χ4v) is 4.42. The van der Waals surface area contributed by atoms with Crippen molar-refractivity contribution in [1.29, 1.82) is 0 Å². The zero-order chi connectivity index (χ0) is 18.8. The van der Waals surface area contributed by atoms with E-state index < -0.39 is 5.97 Å². The van der Waals surface area contributed by atoms with Crippen LogP contribution in [0.1, 0.15) is 30.1 Å². The van der Waals surface area contributed by atoms with Crippen molar-refractivity contribution in [3.05, 3.63) is 76.4 Å². The van der Waals surface area contributed by atoms with Gasteiger partial charge >= 0.3 is 5.97 Å². The number of aromatic nitrogens is 1. The highest BCUT2D eigenvalue weighted by Gasteiger charge is 2.32. The molecular weight excluding hydrogens is 404 g/mol. The third-order valence-corrected chi connectivity index (χ3v) is 5.99. The zero-order valence-corrected chi connectivity index (χ0v) is 16.5. The first kappa shape index (κ1) is 18.1. The number of carboxylic acids is 1. The minimum Gasteiger partial charge on any atom is -0.481 e. The number of hydrogen-bond acceptors (Lipinski definition) is 3. The van der Waals surface area contributed by atoms with E-state index in [1.165, 1.54) is 0 Å². The molecule has 0 saturated carbocycles. The Morgan fingerprint density at radius 1 is 1.11 bits per heavy atom. The number of likely N-dealkylation sites (tertiary alicyclic amines) is 1. The molecule has 0 spiro atoms. The van der Waals surface area contributed by atoms with Gasteiger partial charge in [-0.3, -0.25) is 14.7 Å². The van der Waals surface area contributed by atoms with Crippen molar-refractivity contribution in [1.82, 2.24) is 9.88 Å². The molecule has 4 nitrogen and oxygen atoms in total. The third kappa shape index (κ3) is 3.75. The highest BCUT2D eigenvalue weighted by Crippen LogP contribution is 2.36. The Morgan fingerprint density at radius 2 is 1.89 bits per heavy atom. The number of nitrogens with zero attached hydrogens (tertiary/aromatic N) is 2. The Labute approximate surface area is 167 Å². The number of halogens is 1. The average molecular weight is 425 g/mol. The van der Waals surface area contributed by atoms with Gasteiger partial charge in [-0.2, -0.15) is 0 Å². The van der Waals surface area contributed by atoms with Gasteiger partial charge in [-0.1, -0.05) is 58.4 Å². The molecule has 5 heteroatoms. The molecule has 138 valence electrons. The van der Waals surface area contributed by atoms with E-state index >= 15 is 0 Å². The van der Waals surface area contributed by atoms with E-state index in [0.29, 0.717) is 6.54 Å². The van der Waals surface area contributed by atoms with Crippen LogP contribution in [0, 0.1) is 5.92 Å². The van der Waals surface area contributed by atoms with Gasteiger partial charge < -0.3 is 5.11 Å². The lowest BCUT2D eigenvalue weighted by atomic mass is 9.93. The Balaban J connectivity index is 1.80. The minimum atomic E-state index is -0.711. The van der Waals surface area contributed by atoms with Gasteiger partial charge in [-0.05, 0) is 43.1 Å². The standard InChI is InChI=1S/C22H21BrN2O2/c23-18-9-3-2-8-17(18)21(25-13-5-7-16(14-25)22(26)27)20-12-11-15-6-1-4-10-19(15)24-20/h1-4,6,8-12,16,21H,5,7,13-14H2,(H,26,27). The SMILES string of the molecule is O=C(O)C1CCCN(C(c2ccc3ccccc3n2)c2ccccc2Br)C1. The first-order valence-corrected chi connectivity index (χ1v) is 10.00. The van der Waals surface area contributed by atoms with E-state index in [4.69, 9.17) is 4.98 Å². The predicted molar refractivity (Wildman–Crippen MR) is 110 cm³/mol. The topological polar surface area (TPSA) is 53.4 Å². The van der Waals surface area contributed by atoms with Gasteiger partial charge in [0.05, 0.1) is 23.2 Å². The fourth-order valence-electron chi connectivity index (χ4n) is 3.92. The summed E-state index contributed by atoms with van der Waals surface area (Å²) in [6, 6.07) is 20.3. The van der Waals surface area contributed by atoms with Crippen LogP contribution >= 0.6 is 15.9 Å². The molecule has 0 amide bonds. The molecule has 0 aliphatic carbocycles. The molecule has 2 heterocycles. The van der Waals surface area contributed by atoms with Crippen LogP contribution < -0.4 is 0 Å². The molecule has 1 aliphatic heterocycles. The Hall–Kier alpha value is -2.24. The normalized spacial score (nSPS) is 19.1. The second-order valence-electron chi connectivity index (χ2n) is 7.03. The van der Waals surface area contributed by atoms with Gasteiger partial charge in [0.25, 0.3) is 0 Å². The lowest BCUT2D eigenvalue weighted by Gasteiger charge is -2.37. The number of aliphatic carboxylic acids is 1. The van der Waals surface area contributed by atoms with Crippen molar-refractivity contribution in [3.8, 4) is 0 Å². The van der Waals surface area contributed by atoms with Crippen molar-refractivity contribution in [3.63, 3.8) is 0 Å². The van der Waals surface area contributed by atoms with Crippen LogP contribution in [-0.4, -0.2) is 34.0 Å². The van der Waals surface area contributed by atoms with Crippen LogP contribution in [0.25, 0.3) is 10.9 Å². The van der Waals surface area contributed by atoms with E-state index in [1.54, 1.807) is 0 Å². The van der Waals surface area contributed by atoms with Crippen LogP contribution in [0.4, 0.5) is 0 Å². The first-order valence-electron chi connectivity index (χ1n) is 9.20. The molecule has 0 radical (unpaired) electrons. The number of para-hydroxylation sites is 1. The second kappa shape index (κ2) is 7.79. The molecule has 4 rings (SSSR count). The van der Waals surface area contributed by atoms with Crippen LogP contribution in [0.5, 0.6) is 0 Å². The monoisotopic (exact) mass is 424 g/mol. The van der Waals surface area contributed by atoms with Crippen molar-refractivity contribution in [2.45, 2.75) is 18.9 Å². The van der Waals surface area contributed by atoms with E-state index in [9.17, 15) is 9.90 Å². The van der Waals surface area contributed by atoms with E-state index in [-0.39, 0.29) is 12.0 Å². The summed E-state index contributed by atoms with van der Waals surface area (Å²) < 4.78 is 1.02. The summed E-state index contributed by atoms with van der Waals surface area (Å²) in [6.45, 7) is 1.40. The third-order valence-electron chi connectivity index (χ3n) is 5.27. The summed E-state index contributed by atoms with van der Waals surface area (Å²) in [5.41, 5.74) is 3.02. The Bertz CT molecular complexity index is 975. The number of hydrogen-bond donors (Lipinski definition) is 1. The van der Waals surface area contributed by atoms with Crippen LogP contribution in [0.3, 0.4) is 0 Å². The largest absolute Gasteiger partial charge is 0.481 e. The minimum absolute atomic E-state index is 0.0765. The predicted octanol–water partition coefficient (Wildman–Crippen LogP) is 4.88. The molecule has 27 heavy (non-hydrogen) atoms. The number of benzene rings is 2. The molecule has 1 aliphatic rings. The smallest absolute Gasteiger partial charge is 0.307 e. The summed E-state index contributed by atoms with van der Waals surface area (Å²) in [7, 11) is 0. The Morgan fingerprint density at radius 3 is 2.70 bits per heavy atom. The molecule has 0 bridgehead atoms. The van der Waals surface area contributed by atoms with E-state index in [2.05, 4.69) is 45.1 Å². The molecule has 2 atom stereocenters. The molecule has 1 saturated heterocycles. The number of carbonyl (C=O) groups is 1. The molecule has 2 aromatic carbocycles. The lowest BCUT2D eigenvalue weighted by Crippen LogP contribution is -2.41. The van der Waals surface area contributed by atoms with Gasteiger partial charge in [0.15, 0.2) is 0 Å². The maximum atomic E-state index is 11.6. The average Bonchev–Trinajstić information content (AvgIpc) is 2.70. The van der Waals surface area contributed by atoms with E-state index in [1.807, 2.05) is 36.4 Å². The van der Waals surface area contributed by atoms with Gasteiger partial charge in [0.1, 0.15) is 0 Å². The van der Waals surface area contributed by atoms with E-state index in [0.717, 1.165) is 46.0 Å². The highest BCUT2D eigenvalue weighted by molar-refractivity contribution is 9.10. The van der Waals surface area contributed by atoms with Crippen molar-refractivity contribution in [2.75, 3.05) is 13.1 Å². The van der Waals surface area contributed by atoms with Crippen LogP contribution in [-0.2, 0) is 4.79 Å². The van der Waals surface area contributed by atoms with Crippen molar-refractivity contribution in [2.24, 2.45) is 5.92 Å². The molecule has 3 aromatic rings. The zero-order valence-electron chi connectivity index (χ0n) is 14.9. The summed E-state index contributed by atoms with van der Waals surface area (Å²) in [5, 5.41) is 10.6. The molecular formula is C22H21BrN2O2. The summed E-state index contributed by atoms with van der Waals surface area (Å²) in [5.74, 6) is -1.04. The molecule has 1 aromatic heterocycles. The Kier molecular flexibility index (Phi) is 5.23. The first-order chi connectivity index (χ1) is 13.1. The number of piperidine rings is 1. The van der Waals surface area contributed by atoms with Gasteiger partial charge in [0, 0.05) is 16.4 Å². The number of rotatable bonds is 4. The second-order valence-corrected chi connectivity index (χ2v) is 7.88. The quantitative estimate of drug-likeness (QED) is 0.647. The fraction of sp³-hybridized carbons (Fsp3) is 0.273. The van der Waals surface area contributed by atoms with Gasteiger partial charge in [-0.15, -0.1) is 0 Å². The summed E-state index contributed by atoms with van der Waals surface area (Å²) >= 11 is 3.68. The summed E-state index contributed by atoms with van der Waals surface area (Å²) in [6.07, 6.45) is 1.62. The number of pyridine rings is 1. The summed E-state index contributed by atoms with van der Waals surface area (Å²) in [4.78, 5) is 18.8. The maximum Gasteiger partial charge on any atom is 0.307 e. The maximum absolute atomic E-state index is 11.6. The van der Waals surface area contributed by atoms with Crippen molar-refractivity contribution < 1.29 is 9.90 Å². The number of fused-ring (bicyclic) bond motifs is 1. The molecule has 2 unspecified atom stereocenters. The van der Waals surface area contributed by atoms with Gasteiger partial charge in [0.2, 0.25) is 0 Å². The van der Waals surface area contributed by atoms with Crippen LogP contribution in [0.15, 0.2) is 65.1 Å². The highest BCUT2D eigenvalue weighted by atomic mass is 79.9. The lowest BCUT2D eigenvalue weighted by molar-refractivity contribution is -0.143. The van der Waals surface area contributed by atoms with Gasteiger partial charge in [-0.25, -0.2) is 0 Å². The van der Waals surface area contributed by atoms with Crippen LogP contribution in [0.2, 0.25) is 0 Å². The molecule has 1 fully saturated rings.